The molecule has 0 bridgehead atoms. The molecule has 0 radical (unpaired) electrons. The van der Waals surface area contributed by atoms with Gasteiger partial charge in [-0.15, -0.1) is 0 Å². The average Bonchev–Trinajstić information content (AvgIpc) is 2.86. The van der Waals surface area contributed by atoms with Crippen LogP contribution in [0.2, 0.25) is 0 Å². The van der Waals surface area contributed by atoms with Crippen LogP contribution in [0.5, 0.6) is 0 Å². The second-order valence-corrected chi connectivity index (χ2v) is 6.25. The van der Waals surface area contributed by atoms with Crippen molar-refractivity contribution < 1.29 is 26.3 Å². The normalized spacial score (nSPS) is 19.4. The van der Waals surface area contributed by atoms with Gasteiger partial charge in [0.25, 0.3) is 0 Å². The minimum absolute atomic E-state index is 0.0208. The summed E-state index contributed by atoms with van der Waals surface area (Å²) in [5, 5.41) is 0. The second kappa shape index (κ2) is 6.11. The van der Waals surface area contributed by atoms with Gasteiger partial charge >= 0.3 is 0 Å². The molecule has 112 valence electrons. The summed E-state index contributed by atoms with van der Waals surface area (Å²) >= 11 is 0. The number of hydrogen-bond acceptors (Lipinski definition) is 3. The van der Waals surface area contributed by atoms with Crippen LogP contribution >= 0.6 is 0 Å². The Bertz CT molecular complexity index is 586. The topological polar surface area (TPSA) is 55.4 Å². The highest BCUT2D eigenvalue weighted by Crippen LogP contribution is 2.19. The van der Waals surface area contributed by atoms with E-state index in [9.17, 15) is 21.6 Å². The van der Waals surface area contributed by atoms with Crippen molar-refractivity contribution in [2.24, 2.45) is 0 Å². The number of benzene rings is 1. The maximum absolute atomic E-state index is 13.4. The number of ether oxygens (including phenoxy) is 1. The van der Waals surface area contributed by atoms with Crippen molar-refractivity contribution in [3.05, 3.63) is 29.6 Å². The van der Waals surface area contributed by atoms with Gasteiger partial charge in [-0.25, -0.2) is 26.3 Å². The largest absolute Gasteiger partial charge is 0.378 e. The van der Waals surface area contributed by atoms with E-state index in [0.717, 1.165) is 12.8 Å². The first kappa shape index (κ1) is 15.3. The third-order valence-electron chi connectivity index (χ3n) is 3.05. The van der Waals surface area contributed by atoms with E-state index < -0.39 is 32.4 Å². The van der Waals surface area contributed by atoms with Crippen molar-refractivity contribution in [2.45, 2.75) is 30.3 Å². The molecular formula is C12H14F3NO3S. The molecule has 2 rings (SSSR count). The first-order chi connectivity index (χ1) is 9.40. The zero-order valence-corrected chi connectivity index (χ0v) is 11.4. The molecule has 1 heterocycles. The Morgan fingerprint density at radius 3 is 2.55 bits per heavy atom. The molecule has 0 amide bonds. The van der Waals surface area contributed by atoms with E-state index in [0.29, 0.717) is 19.1 Å². The Morgan fingerprint density at radius 1 is 1.20 bits per heavy atom. The van der Waals surface area contributed by atoms with Crippen LogP contribution in [-0.2, 0) is 14.8 Å². The summed E-state index contributed by atoms with van der Waals surface area (Å²) in [5.74, 6) is -4.17. The fourth-order valence-electron chi connectivity index (χ4n) is 2.01. The molecule has 1 aliphatic rings. The number of hydrogen-bond donors (Lipinski definition) is 1. The van der Waals surface area contributed by atoms with E-state index in [1.54, 1.807) is 0 Å². The average molecular weight is 309 g/mol. The Balaban J connectivity index is 2.04. The molecule has 1 N–H and O–H groups in total. The zero-order chi connectivity index (χ0) is 14.8. The molecule has 1 aromatic carbocycles. The third kappa shape index (κ3) is 3.50. The minimum Gasteiger partial charge on any atom is -0.378 e. The van der Waals surface area contributed by atoms with Gasteiger partial charge in [0, 0.05) is 19.2 Å². The molecule has 4 nitrogen and oxygen atoms in total. The lowest BCUT2D eigenvalue weighted by Gasteiger charge is -2.11. The van der Waals surface area contributed by atoms with Crippen molar-refractivity contribution in [3.63, 3.8) is 0 Å². The highest BCUT2D eigenvalue weighted by molar-refractivity contribution is 7.89. The summed E-state index contributed by atoms with van der Waals surface area (Å²) in [6.45, 7) is 0.695. The Morgan fingerprint density at radius 2 is 1.90 bits per heavy atom. The molecule has 1 saturated heterocycles. The molecule has 0 saturated carbocycles. The van der Waals surface area contributed by atoms with E-state index in [2.05, 4.69) is 4.72 Å². The molecule has 0 spiro atoms. The second-order valence-electron chi connectivity index (χ2n) is 4.52. The maximum Gasteiger partial charge on any atom is 0.243 e. The summed E-state index contributed by atoms with van der Waals surface area (Å²) in [6, 6.07) is 0.545. The molecule has 8 heteroatoms. The monoisotopic (exact) mass is 309 g/mol. The van der Waals surface area contributed by atoms with Crippen LogP contribution in [0.25, 0.3) is 0 Å². The van der Waals surface area contributed by atoms with Crippen LogP contribution < -0.4 is 4.72 Å². The van der Waals surface area contributed by atoms with Gasteiger partial charge in [0.05, 0.1) is 6.10 Å². The van der Waals surface area contributed by atoms with Crippen LogP contribution in [0.3, 0.4) is 0 Å². The fraction of sp³-hybridized carbons (Fsp3) is 0.500. The Kier molecular flexibility index (Phi) is 4.66. The summed E-state index contributed by atoms with van der Waals surface area (Å²) in [6.07, 6.45) is 2.20. The number of nitrogens with one attached hydrogen (secondary N) is 1. The quantitative estimate of drug-likeness (QED) is 0.846. The van der Waals surface area contributed by atoms with Crippen LogP contribution in [-0.4, -0.2) is 27.7 Å². The molecule has 1 atom stereocenters. The maximum atomic E-state index is 13.4. The molecule has 1 aromatic rings. The highest BCUT2D eigenvalue weighted by atomic mass is 32.2. The van der Waals surface area contributed by atoms with Gasteiger partial charge in [-0.1, -0.05) is 0 Å². The lowest BCUT2D eigenvalue weighted by Crippen LogP contribution is -2.28. The number of sulfonamides is 1. The van der Waals surface area contributed by atoms with Crippen LogP contribution in [0.15, 0.2) is 17.0 Å². The summed E-state index contributed by atoms with van der Waals surface area (Å²) < 4.78 is 70.2. The van der Waals surface area contributed by atoms with Crippen molar-refractivity contribution in [1.82, 2.24) is 4.72 Å². The third-order valence-corrected chi connectivity index (χ3v) is 4.52. The van der Waals surface area contributed by atoms with E-state index in [4.69, 9.17) is 4.74 Å². The van der Waals surface area contributed by atoms with E-state index in [1.165, 1.54) is 0 Å². The van der Waals surface area contributed by atoms with Crippen molar-refractivity contribution in [2.75, 3.05) is 13.2 Å². The van der Waals surface area contributed by atoms with Crippen molar-refractivity contribution in [3.8, 4) is 0 Å². The Labute approximate surface area is 115 Å². The first-order valence-electron chi connectivity index (χ1n) is 6.16. The molecule has 1 fully saturated rings. The van der Waals surface area contributed by atoms with Crippen LogP contribution in [0, 0.1) is 17.5 Å². The lowest BCUT2D eigenvalue weighted by atomic mass is 10.2. The number of halogens is 3. The van der Waals surface area contributed by atoms with Gasteiger partial charge in [0.1, 0.15) is 10.7 Å². The van der Waals surface area contributed by atoms with Gasteiger partial charge in [-0.3, -0.25) is 0 Å². The van der Waals surface area contributed by atoms with Crippen LogP contribution in [0.4, 0.5) is 13.2 Å². The van der Waals surface area contributed by atoms with Gasteiger partial charge in [0.15, 0.2) is 11.6 Å². The molecular weight excluding hydrogens is 295 g/mol. The summed E-state index contributed by atoms with van der Waals surface area (Å²) in [5.41, 5.74) is 0. The smallest absolute Gasteiger partial charge is 0.243 e. The van der Waals surface area contributed by atoms with Gasteiger partial charge in [-0.05, 0) is 25.3 Å². The molecule has 20 heavy (non-hydrogen) atoms. The predicted octanol–water partition coefficient (Wildman–Crippen LogP) is 1.95. The van der Waals surface area contributed by atoms with Gasteiger partial charge in [-0.2, -0.15) is 0 Å². The lowest BCUT2D eigenvalue weighted by molar-refractivity contribution is 0.105. The fourth-order valence-corrected chi connectivity index (χ4v) is 3.13. The van der Waals surface area contributed by atoms with Gasteiger partial charge < -0.3 is 4.74 Å². The van der Waals surface area contributed by atoms with Crippen LogP contribution in [0.1, 0.15) is 19.3 Å². The molecule has 0 aliphatic carbocycles. The van der Waals surface area contributed by atoms with E-state index in [1.807, 2.05) is 0 Å². The van der Waals surface area contributed by atoms with Crippen molar-refractivity contribution in [1.29, 1.82) is 0 Å². The molecule has 0 aromatic heterocycles. The van der Waals surface area contributed by atoms with Gasteiger partial charge in [0.2, 0.25) is 10.0 Å². The SMILES string of the molecule is O=S(=O)(NCCC1CCCO1)c1cc(F)c(F)cc1F. The molecule has 1 aliphatic heterocycles. The zero-order valence-electron chi connectivity index (χ0n) is 10.5. The predicted molar refractivity (Wildman–Crippen MR) is 65.1 cm³/mol. The number of rotatable bonds is 5. The summed E-state index contributed by atoms with van der Waals surface area (Å²) in [7, 11) is -4.21. The molecule has 1 unspecified atom stereocenters. The highest BCUT2D eigenvalue weighted by Gasteiger charge is 2.23. The van der Waals surface area contributed by atoms with E-state index in [-0.39, 0.29) is 18.7 Å². The van der Waals surface area contributed by atoms with E-state index >= 15 is 0 Å². The van der Waals surface area contributed by atoms with Crippen molar-refractivity contribution >= 4 is 10.0 Å². The standard InChI is InChI=1S/C12H14F3NO3S/c13-9-6-11(15)12(7-10(9)14)20(17,18)16-4-3-8-2-1-5-19-8/h6-8,16H,1-5H2. The summed E-state index contributed by atoms with van der Waals surface area (Å²) in [4.78, 5) is -0.899. The minimum atomic E-state index is -4.21. The Hall–Kier alpha value is -1.12. The first-order valence-corrected chi connectivity index (χ1v) is 7.64.